The molecule has 2 aromatic carbocycles. The normalized spacial score (nSPS) is 20.9. The van der Waals surface area contributed by atoms with Crippen molar-refractivity contribution in [2.24, 2.45) is 0 Å². The lowest BCUT2D eigenvalue weighted by molar-refractivity contribution is 0.373. The molecule has 51 heavy (non-hydrogen) atoms. The molecule has 7 heteroatoms. The van der Waals surface area contributed by atoms with Crippen LogP contribution < -0.4 is 0 Å². The van der Waals surface area contributed by atoms with Gasteiger partial charge < -0.3 is 0 Å². The number of rotatable bonds is 2. The molecule has 6 aliphatic rings. The van der Waals surface area contributed by atoms with Crippen LogP contribution in [-0.4, -0.2) is 19.5 Å². The molecule has 0 radical (unpaired) electrons. The molecule has 0 amide bonds. The minimum absolute atomic E-state index is 0.0871. The molecule has 0 nitrogen and oxygen atoms in total. The Balaban J connectivity index is 1.07. The van der Waals surface area contributed by atoms with E-state index in [9.17, 15) is 0 Å². The molecule has 2 spiro atoms. The molecule has 11 rings (SSSR count). The largest absolute Gasteiger partial charge is 0.136 e. The second-order valence-electron chi connectivity index (χ2n) is 15.1. The molecule has 2 saturated carbocycles. The Morgan fingerprint density at radius 3 is 1.51 bits per heavy atom. The summed E-state index contributed by atoms with van der Waals surface area (Å²) in [4.78, 5) is 9.35. The van der Waals surface area contributed by atoms with Crippen LogP contribution in [0.4, 0.5) is 0 Å². The van der Waals surface area contributed by atoms with Gasteiger partial charge in [0.25, 0.3) is 0 Å². The first-order valence-electron chi connectivity index (χ1n) is 18.2. The molecule has 0 aliphatic heterocycles. The van der Waals surface area contributed by atoms with Gasteiger partial charge in [0.05, 0.1) is 24.2 Å². The Bertz CT molecular complexity index is 2480. The summed E-state index contributed by atoms with van der Waals surface area (Å²) >= 11 is 30.1. The maximum absolute atomic E-state index is 6.03. The monoisotopic (exact) mass is 784 g/mol. The standard InChI is InChI=1S/C44H32S7/c45-36-25-11-3-4-12-26(25)37(46)29(36)19-23-21-31-40(49-23)33-34(43(31)15-7-1-8-16-43)42-35(44(33)17-9-2-10-18-44)41-32(51-42)22-24(50-41)20-30-38(47)27-13-5-6-14-28(27)39(30)48/h3-6,11-14,19-22H,1-2,7-10,15-18H2. The number of allylic oxidation sites excluding steroid dienone is 4. The number of thiocarbonyl (C=S) groups is 4. The molecular formula is C44H32S7. The number of hydrogen-bond acceptors (Lipinski definition) is 7. The maximum atomic E-state index is 6.03. The SMILES string of the molecule is S=C1C(=Cc2cc3c(s2)C2=C(c4sc5cc(C=C6C(=S)c7ccccc7C6=S)sc5c4C24CCCCC4)C32CCCCC2)C(=S)c2ccccc21. The van der Waals surface area contributed by atoms with E-state index in [1.165, 1.54) is 83.4 Å². The fourth-order valence-corrected chi connectivity index (χ4v) is 16.2. The lowest BCUT2D eigenvalue weighted by atomic mass is 9.67. The Kier molecular flexibility index (Phi) is 7.15. The van der Waals surface area contributed by atoms with Crippen LogP contribution in [0.15, 0.2) is 71.8 Å². The zero-order valence-corrected chi connectivity index (χ0v) is 33.6. The van der Waals surface area contributed by atoms with Crippen LogP contribution in [0.3, 0.4) is 0 Å². The summed E-state index contributed by atoms with van der Waals surface area (Å²) in [6, 6.07) is 21.7. The van der Waals surface area contributed by atoms with E-state index in [-0.39, 0.29) is 10.8 Å². The second-order valence-corrected chi connectivity index (χ2v) is 20.0. The molecule has 0 N–H and O–H groups in total. The van der Waals surface area contributed by atoms with Gasteiger partial charge in [-0.05, 0) is 72.2 Å². The Hall–Kier alpha value is -2.62. The average molecular weight is 785 g/mol. The highest BCUT2D eigenvalue weighted by Gasteiger charge is 2.59. The van der Waals surface area contributed by atoms with Crippen LogP contribution in [0.25, 0.3) is 32.7 Å². The van der Waals surface area contributed by atoms with E-state index in [4.69, 9.17) is 48.9 Å². The van der Waals surface area contributed by atoms with Crippen LogP contribution in [0.1, 0.15) is 117 Å². The molecule has 250 valence electrons. The molecule has 5 aromatic rings. The Morgan fingerprint density at radius 1 is 0.510 bits per heavy atom. The lowest BCUT2D eigenvalue weighted by Gasteiger charge is -2.37. The van der Waals surface area contributed by atoms with E-state index in [1.54, 1.807) is 32.0 Å². The van der Waals surface area contributed by atoms with Gasteiger partial charge in [-0.25, -0.2) is 0 Å². The second kappa shape index (κ2) is 11.4. The number of hydrogen-bond donors (Lipinski definition) is 0. The fourth-order valence-electron chi connectivity index (χ4n) is 10.4. The van der Waals surface area contributed by atoms with Crippen molar-refractivity contribution in [3.05, 3.63) is 125 Å². The summed E-state index contributed by atoms with van der Waals surface area (Å²) in [6.07, 6.45) is 17.5. The van der Waals surface area contributed by atoms with Crippen LogP contribution in [0.5, 0.6) is 0 Å². The van der Waals surface area contributed by atoms with Crippen molar-refractivity contribution in [3.63, 3.8) is 0 Å². The van der Waals surface area contributed by atoms with Gasteiger partial charge >= 0.3 is 0 Å². The molecule has 2 fully saturated rings. The first-order valence-corrected chi connectivity index (χ1v) is 22.3. The molecule has 3 aromatic heterocycles. The molecular weight excluding hydrogens is 753 g/mol. The van der Waals surface area contributed by atoms with E-state index in [0.717, 1.165) is 52.9 Å². The third kappa shape index (κ3) is 4.26. The van der Waals surface area contributed by atoms with E-state index < -0.39 is 0 Å². The lowest BCUT2D eigenvalue weighted by Crippen LogP contribution is -2.28. The van der Waals surface area contributed by atoms with E-state index >= 15 is 0 Å². The molecule has 0 bridgehead atoms. The van der Waals surface area contributed by atoms with Gasteiger partial charge in [0, 0.05) is 68.4 Å². The highest BCUT2D eigenvalue weighted by molar-refractivity contribution is 7.84. The maximum Gasteiger partial charge on any atom is 0.0543 e. The van der Waals surface area contributed by atoms with Crippen molar-refractivity contribution in [2.45, 2.75) is 75.0 Å². The summed E-state index contributed by atoms with van der Waals surface area (Å²) in [5, 5.41) is 0. The molecule has 3 heterocycles. The third-order valence-corrected chi connectivity index (χ3v) is 17.8. The van der Waals surface area contributed by atoms with Gasteiger partial charge in [-0.1, -0.05) is 136 Å². The molecule has 0 atom stereocenters. The first kappa shape index (κ1) is 31.9. The number of benzene rings is 2. The zero-order valence-electron chi connectivity index (χ0n) is 27.9. The molecule has 6 aliphatic carbocycles. The van der Waals surface area contributed by atoms with Crippen molar-refractivity contribution in [1.82, 2.24) is 0 Å². The van der Waals surface area contributed by atoms with Crippen LogP contribution in [0, 0.1) is 0 Å². The predicted octanol–water partition coefficient (Wildman–Crippen LogP) is 13.4. The topological polar surface area (TPSA) is 0 Å². The summed E-state index contributed by atoms with van der Waals surface area (Å²) < 4.78 is 2.95. The van der Waals surface area contributed by atoms with E-state index in [1.807, 2.05) is 22.7 Å². The Morgan fingerprint density at radius 2 is 0.980 bits per heavy atom. The van der Waals surface area contributed by atoms with Crippen molar-refractivity contribution in [1.29, 1.82) is 0 Å². The predicted molar refractivity (Wildman–Crippen MR) is 236 cm³/mol. The minimum atomic E-state index is 0.0871. The smallest absolute Gasteiger partial charge is 0.0543 e. The summed E-state index contributed by atoms with van der Waals surface area (Å²) in [5.41, 5.74) is 13.4. The van der Waals surface area contributed by atoms with Gasteiger partial charge in [-0.2, -0.15) is 0 Å². The summed E-state index contributed by atoms with van der Waals surface area (Å²) in [6.45, 7) is 0. The Labute approximate surface area is 332 Å². The fraction of sp³-hybridized carbons (Fsp3) is 0.273. The third-order valence-electron chi connectivity index (χ3n) is 12.6. The van der Waals surface area contributed by atoms with Gasteiger partial charge in [-0.3, -0.25) is 0 Å². The summed E-state index contributed by atoms with van der Waals surface area (Å²) in [5.74, 6) is 0. The highest BCUT2D eigenvalue weighted by atomic mass is 32.1. The van der Waals surface area contributed by atoms with Crippen LogP contribution in [-0.2, 0) is 10.8 Å². The van der Waals surface area contributed by atoms with E-state index in [0.29, 0.717) is 0 Å². The highest BCUT2D eigenvalue weighted by Crippen LogP contribution is 2.72. The average Bonchev–Trinajstić information content (AvgIpc) is 4.00. The van der Waals surface area contributed by atoms with Crippen molar-refractivity contribution in [2.75, 3.05) is 0 Å². The molecule has 0 unspecified atom stereocenters. The van der Waals surface area contributed by atoms with Crippen molar-refractivity contribution >= 4 is 135 Å². The van der Waals surface area contributed by atoms with Crippen LogP contribution in [0.2, 0.25) is 0 Å². The van der Waals surface area contributed by atoms with Crippen molar-refractivity contribution in [3.8, 4) is 0 Å². The minimum Gasteiger partial charge on any atom is -0.136 e. The van der Waals surface area contributed by atoms with Gasteiger partial charge in [0.1, 0.15) is 0 Å². The quantitative estimate of drug-likeness (QED) is 0.129. The summed E-state index contributed by atoms with van der Waals surface area (Å²) in [7, 11) is 0. The van der Waals surface area contributed by atoms with Gasteiger partial charge in [0.15, 0.2) is 0 Å². The number of fused-ring (bicyclic) bond motifs is 12. The van der Waals surface area contributed by atoms with E-state index in [2.05, 4.69) is 84.2 Å². The van der Waals surface area contributed by atoms with Crippen LogP contribution >= 0.6 is 82.9 Å². The van der Waals surface area contributed by atoms with Crippen molar-refractivity contribution < 1.29 is 0 Å². The number of thiophene rings is 3. The zero-order chi connectivity index (χ0) is 34.2. The first-order chi connectivity index (χ1) is 24.9. The van der Waals surface area contributed by atoms with Gasteiger partial charge in [-0.15, -0.1) is 34.0 Å². The van der Waals surface area contributed by atoms with Gasteiger partial charge in [0.2, 0.25) is 0 Å². The molecule has 0 saturated heterocycles.